The van der Waals surface area contributed by atoms with Gasteiger partial charge in [-0.2, -0.15) is 0 Å². The fraction of sp³-hybridized carbons (Fsp3) is 0.314. The summed E-state index contributed by atoms with van der Waals surface area (Å²) in [7, 11) is 0. The highest BCUT2D eigenvalue weighted by Crippen LogP contribution is 2.27. The lowest BCUT2D eigenvalue weighted by Gasteiger charge is -2.11. The molecule has 0 aliphatic heterocycles. The topological polar surface area (TPSA) is 141 Å². The first kappa shape index (κ1) is 46.3. The summed E-state index contributed by atoms with van der Waals surface area (Å²) >= 11 is 0. The lowest BCUT2D eigenvalue weighted by Crippen LogP contribution is -2.12. The smallest absolute Gasteiger partial charge is 0.343 e. The molecule has 0 atom stereocenters. The second kappa shape index (κ2) is 25.1. The highest BCUT2D eigenvalue weighted by Gasteiger charge is 2.17. The molecule has 5 aromatic rings. The Morgan fingerprint density at radius 3 is 1.10 bits per heavy atom. The predicted octanol–water partition coefficient (Wildman–Crippen LogP) is 11.9. The van der Waals surface area contributed by atoms with E-state index in [1.54, 1.807) is 48.5 Å². The van der Waals surface area contributed by atoms with E-state index in [2.05, 4.69) is 13.8 Å². The quantitative estimate of drug-likeness (QED) is 0.0240. The van der Waals surface area contributed by atoms with E-state index in [0.29, 0.717) is 42.1 Å². The van der Waals surface area contributed by atoms with E-state index in [4.69, 9.17) is 28.4 Å². The Balaban J connectivity index is 1.07. The summed E-state index contributed by atoms with van der Waals surface area (Å²) < 4.78 is 33.5. The minimum absolute atomic E-state index is 0.0120. The molecule has 324 valence electrons. The van der Waals surface area contributed by atoms with Crippen molar-refractivity contribution in [3.63, 3.8) is 0 Å². The molecule has 0 aliphatic rings. The number of carbonyl (C=O) groups excluding carboxylic acids is 5. The molecule has 0 heterocycles. The molecule has 11 heteroatoms. The van der Waals surface area contributed by atoms with Crippen molar-refractivity contribution in [3.8, 4) is 34.5 Å². The minimum Gasteiger partial charge on any atom is -0.494 e. The van der Waals surface area contributed by atoms with Crippen molar-refractivity contribution in [1.82, 2.24) is 0 Å². The zero-order valence-electron chi connectivity index (χ0n) is 35.4. The normalized spacial score (nSPS) is 10.7. The summed E-state index contributed by atoms with van der Waals surface area (Å²) in [6.45, 7) is 5.62. The fourth-order valence-electron chi connectivity index (χ4n) is 6.26. The molecule has 0 saturated carbocycles. The van der Waals surface area contributed by atoms with Gasteiger partial charge in [0.05, 0.1) is 41.0 Å². The summed E-state index contributed by atoms with van der Waals surface area (Å²) in [4.78, 5) is 63.4. The van der Waals surface area contributed by atoms with Crippen molar-refractivity contribution < 1.29 is 52.4 Å². The van der Waals surface area contributed by atoms with Gasteiger partial charge in [-0.25, -0.2) is 19.2 Å². The Kier molecular flexibility index (Phi) is 18.8. The average Bonchev–Trinajstić information content (AvgIpc) is 3.29. The number of carbonyl (C=O) groups is 5. The van der Waals surface area contributed by atoms with E-state index < -0.39 is 23.9 Å². The van der Waals surface area contributed by atoms with Gasteiger partial charge in [0.25, 0.3) is 0 Å². The number of esters is 4. The Morgan fingerprint density at radius 1 is 0.387 bits per heavy atom. The van der Waals surface area contributed by atoms with Gasteiger partial charge >= 0.3 is 23.9 Å². The lowest BCUT2D eigenvalue weighted by molar-refractivity contribution is 0.0722. The third-order valence-corrected chi connectivity index (χ3v) is 9.84. The molecule has 0 bridgehead atoms. The molecule has 0 N–H and O–H groups in total. The van der Waals surface area contributed by atoms with Crippen molar-refractivity contribution in [1.29, 1.82) is 0 Å². The molecular weight excluding hydrogens is 789 g/mol. The molecule has 5 rings (SSSR count). The molecule has 0 unspecified atom stereocenters. The maximum Gasteiger partial charge on any atom is 0.343 e. The van der Waals surface area contributed by atoms with Gasteiger partial charge in [0.15, 0.2) is 6.29 Å². The predicted molar refractivity (Wildman–Crippen MR) is 235 cm³/mol. The Morgan fingerprint density at radius 2 is 0.710 bits per heavy atom. The van der Waals surface area contributed by atoms with Crippen LogP contribution in [0.5, 0.6) is 34.5 Å². The molecule has 0 saturated heterocycles. The Bertz CT molecular complexity index is 2190. The molecule has 0 aliphatic carbocycles. The third kappa shape index (κ3) is 15.1. The first-order chi connectivity index (χ1) is 30.3. The van der Waals surface area contributed by atoms with Crippen molar-refractivity contribution >= 4 is 30.2 Å². The van der Waals surface area contributed by atoms with E-state index in [0.717, 1.165) is 25.7 Å². The summed E-state index contributed by atoms with van der Waals surface area (Å²) in [5.41, 5.74) is 0.990. The SMILES string of the molecule is CCCCCCCCOc1ccc(C(=O)Oc2ccc(C(=O)Oc3ccc(C=O)c(OC(=O)c4ccc(OC(=O)c5ccc(OCCCCCCCC)cc5)cc4)c3)cc2)cc1. The van der Waals surface area contributed by atoms with E-state index in [1.165, 1.54) is 118 Å². The van der Waals surface area contributed by atoms with E-state index >= 15 is 0 Å². The highest BCUT2D eigenvalue weighted by molar-refractivity contribution is 5.95. The molecule has 5 aromatic carbocycles. The van der Waals surface area contributed by atoms with Gasteiger partial charge in [0.2, 0.25) is 0 Å². The second-order valence-electron chi connectivity index (χ2n) is 14.7. The van der Waals surface area contributed by atoms with Gasteiger partial charge in [0, 0.05) is 6.07 Å². The van der Waals surface area contributed by atoms with Crippen LogP contribution < -0.4 is 28.4 Å². The maximum atomic E-state index is 13.1. The number of ether oxygens (including phenoxy) is 6. The minimum atomic E-state index is -0.802. The third-order valence-electron chi connectivity index (χ3n) is 9.84. The number of unbranched alkanes of at least 4 members (excludes halogenated alkanes) is 10. The number of hydrogen-bond acceptors (Lipinski definition) is 11. The molecular formula is C51H54O11. The Hall–Kier alpha value is -6.75. The van der Waals surface area contributed by atoms with Crippen molar-refractivity contribution in [2.75, 3.05) is 13.2 Å². The van der Waals surface area contributed by atoms with Gasteiger partial charge in [-0.3, -0.25) is 4.79 Å². The second-order valence-corrected chi connectivity index (χ2v) is 14.7. The van der Waals surface area contributed by atoms with Gasteiger partial charge in [-0.05, 0) is 122 Å². The molecule has 11 nitrogen and oxygen atoms in total. The van der Waals surface area contributed by atoms with Crippen LogP contribution in [0, 0.1) is 0 Å². The van der Waals surface area contributed by atoms with Crippen LogP contribution in [-0.4, -0.2) is 43.4 Å². The van der Waals surface area contributed by atoms with Crippen molar-refractivity contribution in [3.05, 3.63) is 143 Å². The average molecular weight is 843 g/mol. The summed E-state index contributed by atoms with van der Waals surface area (Å²) in [6, 6.07) is 29.0. The van der Waals surface area contributed by atoms with Gasteiger partial charge in [-0.1, -0.05) is 78.1 Å². The van der Waals surface area contributed by atoms with E-state index in [-0.39, 0.29) is 39.7 Å². The van der Waals surface area contributed by atoms with Crippen LogP contribution >= 0.6 is 0 Å². The fourth-order valence-corrected chi connectivity index (χ4v) is 6.26. The maximum absolute atomic E-state index is 13.1. The summed E-state index contributed by atoms with van der Waals surface area (Å²) in [5.74, 6) is -1.03. The largest absolute Gasteiger partial charge is 0.494 e. The zero-order chi connectivity index (χ0) is 43.9. The summed E-state index contributed by atoms with van der Waals surface area (Å²) in [6.07, 6.45) is 14.6. The van der Waals surface area contributed by atoms with Gasteiger partial charge in [0.1, 0.15) is 34.5 Å². The van der Waals surface area contributed by atoms with Crippen molar-refractivity contribution in [2.45, 2.75) is 90.9 Å². The van der Waals surface area contributed by atoms with E-state index in [1.807, 2.05) is 0 Å². The van der Waals surface area contributed by atoms with Crippen LogP contribution in [0.2, 0.25) is 0 Å². The lowest BCUT2D eigenvalue weighted by atomic mass is 10.1. The Labute approximate surface area is 363 Å². The van der Waals surface area contributed by atoms with Crippen LogP contribution in [-0.2, 0) is 0 Å². The number of rotatable bonds is 25. The first-order valence-electron chi connectivity index (χ1n) is 21.4. The monoisotopic (exact) mass is 842 g/mol. The number of hydrogen-bond donors (Lipinski definition) is 0. The number of benzene rings is 5. The van der Waals surface area contributed by atoms with Crippen LogP contribution in [0.15, 0.2) is 115 Å². The van der Waals surface area contributed by atoms with Crippen LogP contribution in [0.3, 0.4) is 0 Å². The molecule has 62 heavy (non-hydrogen) atoms. The molecule has 0 amide bonds. The first-order valence-corrected chi connectivity index (χ1v) is 21.4. The van der Waals surface area contributed by atoms with Gasteiger partial charge in [-0.15, -0.1) is 0 Å². The highest BCUT2D eigenvalue weighted by atomic mass is 16.6. The molecule has 0 radical (unpaired) electrons. The standard InChI is InChI=1S/C51H54O11/c1-3-5-7-9-11-13-33-57-42-24-15-37(16-25-42)48(53)59-44-28-19-39(20-29-44)50(55)61-46-32-23-41(36-52)47(35-46)62-51(56)40-21-30-45(31-22-40)60-49(54)38-17-26-43(27-18-38)58-34-14-12-10-8-6-4-2/h15-32,35-36H,3-14,33-34H2,1-2H3. The van der Waals surface area contributed by atoms with Crippen LogP contribution in [0.25, 0.3) is 0 Å². The molecule has 0 spiro atoms. The van der Waals surface area contributed by atoms with Crippen LogP contribution in [0.4, 0.5) is 0 Å². The summed E-state index contributed by atoms with van der Waals surface area (Å²) in [5, 5.41) is 0. The molecule has 0 fully saturated rings. The van der Waals surface area contributed by atoms with E-state index in [9.17, 15) is 24.0 Å². The van der Waals surface area contributed by atoms with Crippen molar-refractivity contribution in [2.24, 2.45) is 0 Å². The van der Waals surface area contributed by atoms with Crippen LogP contribution in [0.1, 0.15) is 143 Å². The van der Waals surface area contributed by atoms with Gasteiger partial charge < -0.3 is 28.4 Å². The number of aldehydes is 1. The zero-order valence-corrected chi connectivity index (χ0v) is 35.4. The molecule has 0 aromatic heterocycles.